The van der Waals surface area contributed by atoms with Crippen LogP contribution in [0.4, 0.5) is 26.3 Å². The highest BCUT2D eigenvalue weighted by Crippen LogP contribution is 2.41. The summed E-state index contributed by atoms with van der Waals surface area (Å²) in [4.78, 5) is 0. The Morgan fingerprint density at radius 3 is 2.21 bits per heavy atom. The molecule has 0 radical (unpaired) electrons. The molecule has 1 saturated carbocycles. The second-order valence-electron chi connectivity index (χ2n) is 9.03. The highest BCUT2D eigenvalue weighted by Gasteiger charge is 2.33. The number of allylic oxidation sites excluding steroid dienone is 1. The van der Waals surface area contributed by atoms with Crippen LogP contribution in [0.3, 0.4) is 0 Å². The van der Waals surface area contributed by atoms with Crippen LogP contribution in [0.25, 0.3) is 11.6 Å². The number of benzene rings is 2. The third-order valence-electron chi connectivity index (χ3n) is 6.84. The van der Waals surface area contributed by atoms with Gasteiger partial charge < -0.3 is 4.74 Å². The quantitative estimate of drug-likeness (QED) is 0.400. The molecule has 0 heterocycles. The van der Waals surface area contributed by atoms with Gasteiger partial charge in [-0.1, -0.05) is 31.9 Å². The van der Waals surface area contributed by atoms with Gasteiger partial charge in [-0.25, -0.2) is 13.2 Å². The van der Waals surface area contributed by atoms with Crippen LogP contribution in [0.1, 0.15) is 80.0 Å². The van der Waals surface area contributed by atoms with E-state index in [1.807, 2.05) is 0 Å². The Labute approximate surface area is 189 Å². The average molecular weight is 468 g/mol. The van der Waals surface area contributed by atoms with Gasteiger partial charge in [0, 0.05) is 5.56 Å². The highest BCUT2D eigenvalue weighted by molar-refractivity contribution is 5.85. The summed E-state index contributed by atoms with van der Waals surface area (Å²) in [5.41, 5.74) is 1.21. The van der Waals surface area contributed by atoms with E-state index in [4.69, 9.17) is 0 Å². The Bertz CT molecular complexity index is 1020. The summed E-state index contributed by atoms with van der Waals surface area (Å²) in [6.45, 7) is 2.16. The van der Waals surface area contributed by atoms with E-state index < -0.39 is 29.6 Å². The summed E-state index contributed by atoms with van der Waals surface area (Å²) in [6.07, 6.45) is 2.86. The maximum absolute atomic E-state index is 15.1. The van der Waals surface area contributed by atoms with Crippen LogP contribution in [0, 0.1) is 23.4 Å². The van der Waals surface area contributed by atoms with Gasteiger partial charge in [0.05, 0.1) is 0 Å². The Kier molecular flexibility index (Phi) is 6.78. The number of hydrogen-bond donors (Lipinski definition) is 0. The summed E-state index contributed by atoms with van der Waals surface area (Å²) in [5, 5.41) is 0. The van der Waals surface area contributed by atoms with E-state index in [9.17, 15) is 17.6 Å². The van der Waals surface area contributed by atoms with Crippen molar-refractivity contribution in [3.8, 4) is 5.75 Å². The summed E-state index contributed by atoms with van der Waals surface area (Å²) in [6, 6.07) is 4.96. The third-order valence-corrected chi connectivity index (χ3v) is 6.84. The second kappa shape index (κ2) is 9.43. The first-order valence-corrected chi connectivity index (χ1v) is 11.4. The monoisotopic (exact) mass is 468 g/mol. The van der Waals surface area contributed by atoms with Gasteiger partial charge in [0.25, 0.3) is 0 Å². The van der Waals surface area contributed by atoms with E-state index in [-0.39, 0.29) is 29.9 Å². The largest absolute Gasteiger partial charge is 0.573 e. The predicted octanol–water partition coefficient (Wildman–Crippen LogP) is 8.56. The molecule has 2 aliphatic rings. The molecule has 0 saturated heterocycles. The Hall–Kier alpha value is -2.44. The molecular formula is C26H26F6O. The fraction of sp³-hybridized carbons (Fsp3) is 0.462. The number of rotatable bonds is 5. The van der Waals surface area contributed by atoms with Crippen molar-refractivity contribution < 1.29 is 31.1 Å². The van der Waals surface area contributed by atoms with Crippen LogP contribution in [-0.4, -0.2) is 6.36 Å². The predicted molar refractivity (Wildman–Crippen MR) is 115 cm³/mol. The molecule has 0 bridgehead atoms. The number of halogens is 6. The van der Waals surface area contributed by atoms with Crippen LogP contribution in [0.15, 0.2) is 24.3 Å². The zero-order valence-electron chi connectivity index (χ0n) is 18.4. The molecule has 2 aliphatic carbocycles. The van der Waals surface area contributed by atoms with Crippen molar-refractivity contribution in [2.24, 2.45) is 5.92 Å². The maximum Gasteiger partial charge on any atom is 0.573 e. The maximum atomic E-state index is 15.1. The van der Waals surface area contributed by atoms with Crippen LogP contribution in [0.5, 0.6) is 5.75 Å². The minimum atomic E-state index is -5.01. The molecule has 0 unspecified atom stereocenters. The highest BCUT2D eigenvalue weighted by atomic mass is 19.4. The van der Waals surface area contributed by atoms with Gasteiger partial charge in [0.2, 0.25) is 0 Å². The summed E-state index contributed by atoms with van der Waals surface area (Å²) in [5.74, 6) is -2.50. The van der Waals surface area contributed by atoms with Gasteiger partial charge in [0.1, 0.15) is 11.6 Å². The summed E-state index contributed by atoms with van der Waals surface area (Å²) < 4.78 is 85.7. The average Bonchev–Trinajstić information content (AvgIpc) is 2.75. The van der Waals surface area contributed by atoms with Crippen molar-refractivity contribution in [1.82, 2.24) is 0 Å². The fourth-order valence-corrected chi connectivity index (χ4v) is 5.25. The van der Waals surface area contributed by atoms with Gasteiger partial charge in [-0.2, -0.15) is 0 Å². The lowest BCUT2D eigenvalue weighted by Crippen LogP contribution is -2.18. The molecule has 178 valence electrons. The van der Waals surface area contributed by atoms with E-state index >= 15 is 8.78 Å². The van der Waals surface area contributed by atoms with Crippen LogP contribution >= 0.6 is 0 Å². The molecule has 2 aromatic rings. The minimum Gasteiger partial charge on any atom is -0.403 e. The molecule has 0 amide bonds. The zero-order chi connectivity index (χ0) is 23.8. The Balaban J connectivity index is 1.58. The molecule has 33 heavy (non-hydrogen) atoms. The number of alkyl halides is 3. The topological polar surface area (TPSA) is 9.23 Å². The van der Waals surface area contributed by atoms with Crippen molar-refractivity contribution in [2.75, 3.05) is 0 Å². The molecular weight excluding hydrogens is 442 g/mol. The number of fused-ring (bicyclic) bond motifs is 1. The van der Waals surface area contributed by atoms with Crippen molar-refractivity contribution in [3.63, 3.8) is 0 Å². The lowest BCUT2D eigenvalue weighted by Gasteiger charge is -2.29. The van der Waals surface area contributed by atoms with E-state index in [1.165, 1.54) is 30.7 Å². The van der Waals surface area contributed by atoms with Crippen molar-refractivity contribution in [2.45, 2.75) is 70.6 Å². The van der Waals surface area contributed by atoms with E-state index in [1.54, 1.807) is 0 Å². The zero-order valence-corrected chi connectivity index (χ0v) is 18.4. The van der Waals surface area contributed by atoms with E-state index in [2.05, 4.69) is 11.7 Å². The van der Waals surface area contributed by atoms with E-state index in [0.717, 1.165) is 38.2 Å². The van der Waals surface area contributed by atoms with Crippen molar-refractivity contribution in [1.29, 1.82) is 0 Å². The van der Waals surface area contributed by atoms with Crippen molar-refractivity contribution >= 4 is 11.6 Å². The van der Waals surface area contributed by atoms with Crippen LogP contribution < -0.4 is 4.74 Å². The Morgan fingerprint density at radius 2 is 1.61 bits per heavy atom. The van der Waals surface area contributed by atoms with Gasteiger partial charge >= 0.3 is 6.36 Å². The van der Waals surface area contributed by atoms with Gasteiger partial charge in [0.15, 0.2) is 11.6 Å². The molecule has 0 aromatic heterocycles. The molecule has 4 rings (SSSR count). The molecule has 7 heteroatoms. The SMILES string of the molecule is CCCC1CCC(c2cc(F)c(C3=Cc4ccc(OC(F)(F)F)c(F)c4CC3)c(F)c2)CC1. The van der Waals surface area contributed by atoms with Crippen LogP contribution in [-0.2, 0) is 6.42 Å². The summed E-state index contributed by atoms with van der Waals surface area (Å²) in [7, 11) is 0. The number of ether oxygens (including phenoxy) is 1. The fourth-order valence-electron chi connectivity index (χ4n) is 5.25. The van der Waals surface area contributed by atoms with Gasteiger partial charge in [-0.15, -0.1) is 13.2 Å². The minimum absolute atomic E-state index is 0.0180. The molecule has 1 nitrogen and oxygen atoms in total. The molecule has 0 N–H and O–H groups in total. The summed E-state index contributed by atoms with van der Waals surface area (Å²) >= 11 is 0. The lowest BCUT2D eigenvalue weighted by atomic mass is 9.77. The first-order valence-electron chi connectivity index (χ1n) is 11.4. The first kappa shape index (κ1) is 23.7. The van der Waals surface area contributed by atoms with E-state index in [0.29, 0.717) is 22.6 Å². The Morgan fingerprint density at radius 1 is 0.939 bits per heavy atom. The molecule has 0 atom stereocenters. The van der Waals surface area contributed by atoms with Crippen LogP contribution in [0.2, 0.25) is 0 Å². The van der Waals surface area contributed by atoms with Gasteiger partial charge in [-0.05, 0) is 90.8 Å². The first-order chi connectivity index (χ1) is 15.7. The van der Waals surface area contributed by atoms with Crippen molar-refractivity contribution in [3.05, 3.63) is 64.0 Å². The van der Waals surface area contributed by atoms with Gasteiger partial charge in [-0.3, -0.25) is 0 Å². The molecule has 2 aromatic carbocycles. The molecule has 1 fully saturated rings. The standard InChI is InChI=1S/C26H26F6O/c1-2-3-15-4-6-16(7-5-15)19-13-21(27)24(22(28)14-19)18-8-10-20-17(12-18)9-11-23(25(20)29)33-26(30,31)32/h9,11-16H,2-8,10H2,1H3. The smallest absolute Gasteiger partial charge is 0.403 e. The molecule has 0 aliphatic heterocycles. The third kappa shape index (κ3) is 5.22. The lowest BCUT2D eigenvalue weighted by molar-refractivity contribution is -0.275. The number of hydrogen-bond acceptors (Lipinski definition) is 1. The second-order valence-corrected chi connectivity index (χ2v) is 9.03. The molecule has 0 spiro atoms. The normalized spacial score (nSPS) is 20.9.